The molecule has 1 saturated heterocycles. The normalized spacial score (nSPS) is 17.8. The summed E-state index contributed by atoms with van der Waals surface area (Å²) in [5, 5.41) is 4.47. The topological polar surface area (TPSA) is 48.5 Å². The van der Waals surface area contributed by atoms with E-state index >= 15 is 0 Å². The van der Waals surface area contributed by atoms with Gasteiger partial charge in [-0.25, -0.2) is 0 Å². The fourth-order valence-corrected chi connectivity index (χ4v) is 4.41. The molecule has 5 heteroatoms. The summed E-state index contributed by atoms with van der Waals surface area (Å²) in [5.74, 6) is 0.00414. The number of anilines is 1. The van der Waals surface area contributed by atoms with Crippen LogP contribution in [0.1, 0.15) is 34.3 Å². The number of benzene rings is 2. The maximum atomic E-state index is 13.3. The molecule has 0 unspecified atom stereocenters. The van der Waals surface area contributed by atoms with E-state index in [0.29, 0.717) is 6.04 Å². The van der Waals surface area contributed by atoms with Crippen LogP contribution < -0.4 is 10.2 Å². The molecule has 1 aromatic heterocycles. The number of nitrogens with one attached hydrogen (secondary N) is 1. The molecule has 5 rings (SSSR count). The zero-order valence-corrected chi connectivity index (χ0v) is 17.9. The fourth-order valence-electron chi connectivity index (χ4n) is 4.41. The van der Waals surface area contributed by atoms with Gasteiger partial charge in [0.2, 0.25) is 0 Å². The summed E-state index contributed by atoms with van der Waals surface area (Å²) in [6.45, 7) is 4.02. The highest BCUT2D eigenvalue weighted by Gasteiger charge is 2.47. The van der Waals surface area contributed by atoms with Crippen LogP contribution >= 0.6 is 0 Å². The zero-order chi connectivity index (χ0) is 20.9. The highest BCUT2D eigenvalue weighted by molar-refractivity contribution is 5.98. The van der Waals surface area contributed by atoms with Crippen molar-refractivity contribution in [2.24, 2.45) is 0 Å². The van der Waals surface area contributed by atoms with Gasteiger partial charge in [-0.05, 0) is 57.6 Å². The standard InChI is InChI=1S/C25H28N4O/c1-17-9-10-19(29-15-20(16-29)28(2)3)14-21(17)24(30)27-25(11-12-25)22-8-4-6-18-7-5-13-26-23(18)22/h4-10,13-14,20H,11-12,15-16H2,1-3H3,(H,27,30). The lowest BCUT2D eigenvalue weighted by Gasteiger charge is -2.44. The van der Waals surface area contributed by atoms with Crippen molar-refractivity contribution in [2.75, 3.05) is 32.1 Å². The predicted octanol–water partition coefficient (Wildman–Crippen LogP) is 3.71. The Bertz CT molecular complexity index is 1110. The predicted molar refractivity (Wildman–Crippen MR) is 121 cm³/mol. The molecule has 1 N–H and O–H groups in total. The molecule has 0 bridgehead atoms. The van der Waals surface area contributed by atoms with Crippen molar-refractivity contribution in [3.8, 4) is 0 Å². The van der Waals surface area contributed by atoms with Gasteiger partial charge in [-0.15, -0.1) is 0 Å². The molecule has 154 valence electrons. The molecule has 1 saturated carbocycles. The van der Waals surface area contributed by atoms with Crippen LogP contribution in [0, 0.1) is 6.92 Å². The van der Waals surface area contributed by atoms with E-state index in [1.54, 1.807) is 0 Å². The smallest absolute Gasteiger partial charge is 0.252 e. The molecule has 2 aliphatic rings. The van der Waals surface area contributed by atoms with Crippen LogP contribution in [0.25, 0.3) is 10.9 Å². The van der Waals surface area contributed by atoms with Gasteiger partial charge in [0.1, 0.15) is 0 Å². The minimum atomic E-state index is -0.305. The maximum Gasteiger partial charge on any atom is 0.252 e. The first-order chi connectivity index (χ1) is 14.5. The molecule has 3 aromatic rings. The van der Waals surface area contributed by atoms with E-state index in [-0.39, 0.29) is 11.4 Å². The van der Waals surface area contributed by atoms with Gasteiger partial charge in [0.05, 0.1) is 11.1 Å². The van der Waals surface area contributed by atoms with Gasteiger partial charge in [-0.2, -0.15) is 0 Å². The highest BCUT2D eigenvalue weighted by Crippen LogP contribution is 2.47. The third-order valence-electron chi connectivity index (χ3n) is 6.67. The Morgan fingerprint density at radius 1 is 1.13 bits per heavy atom. The van der Waals surface area contributed by atoms with Gasteiger partial charge in [0.15, 0.2) is 0 Å². The van der Waals surface area contributed by atoms with E-state index in [2.05, 4.69) is 70.6 Å². The van der Waals surface area contributed by atoms with E-state index in [1.807, 2.05) is 25.3 Å². The minimum Gasteiger partial charge on any atom is -0.368 e. The van der Waals surface area contributed by atoms with E-state index in [0.717, 1.165) is 59.2 Å². The third-order valence-corrected chi connectivity index (χ3v) is 6.67. The quantitative estimate of drug-likeness (QED) is 0.709. The molecule has 0 spiro atoms. The second-order valence-corrected chi connectivity index (χ2v) is 8.94. The molecule has 1 amide bonds. The zero-order valence-electron chi connectivity index (χ0n) is 17.9. The lowest BCUT2D eigenvalue weighted by Crippen LogP contribution is -2.57. The van der Waals surface area contributed by atoms with E-state index in [1.165, 1.54) is 0 Å². The highest BCUT2D eigenvalue weighted by atomic mass is 16.1. The van der Waals surface area contributed by atoms with Crippen LogP contribution in [-0.4, -0.2) is 49.0 Å². The van der Waals surface area contributed by atoms with Gasteiger partial charge in [-0.3, -0.25) is 9.78 Å². The van der Waals surface area contributed by atoms with Gasteiger partial charge in [0, 0.05) is 47.5 Å². The molecule has 2 fully saturated rings. The summed E-state index contributed by atoms with van der Waals surface area (Å²) >= 11 is 0. The van der Waals surface area contributed by atoms with Crippen molar-refractivity contribution >= 4 is 22.5 Å². The van der Waals surface area contributed by atoms with E-state index in [9.17, 15) is 4.79 Å². The minimum absolute atomic E-state index is 0.00414. The number of hydrogen-bond acceptors (Lipinski definition) is 4. The molecular formula is C25H28N4O. The summed E-state index contributed by atoms with van der Waals surface area (Å²) in [5.41, 5.74) is 4.70. The number of hydrogen-bond donors (Lipinski definition) is 1. The van der Waals surface area contributed by atoms with Crippen LogP contribution in [0.5, 0.6) is 0 Å². The van der Waals surface area contributed by atoms with Crippen LogP contribution in [0.3, 0.4) is 0 Å². The summed E-state index contributed by atoms with van der Waals surface area (Å²) in [6, 6.07) is 17.1. The fraction of sp³-hybridized carbons (Fsp3) is 0.360. The van der Waals surface area contributed by atoms with Gasteiger partial charge in [0.25, 0.3) is 5.91 Å². The van der Waals surface area contributed by atoms with E-state index < -0.39 is 0 Å². The van der Waals surface area contributed by atoms with E-state index in [4.69, 9.17) is 0 Å². The van der Waals surface area contributed by atoms with Crippen molar-refractivity contribution < 1.29 is 4.79 Å². The molecule has 2 heterocycles. The largest absolute Gasteiger partial charge is 0.368 e. The number of nitrogens with zero attached hydrogens (tertiary/aromatic N) is 3. The number of para-hydroxylation sites is 1. The van der Waals surface area contributed by atoms with Crippen molar-refractivity contribution in [1.82, 2.24) is 15.2 Å². The number of amides is 1. The Labute approximate surface area is 177 Å². The number of aromatic nitrogens is 1. The van der Waals surface area contributed by atoms with Crippen molar-refractivity contribution in [3.05, 3.63) is 71.4 Å². The number of likely N-dealkylation sites (N-methyl/N-ethyl adjacent to an activating group) is 1. The van der Waals surface area contributed by atoms with Crippen molar-refractivity contribution in [3.63, 3.8) is 0 Å². The summed E-state index contributed by atoms with van der Waals surface area (Å²) in [4.78, 5) is 22.5. The average Bonchev–Trinajstić information content (AvgIpc) is 3.47. The number of carbonyl (C=O) groups is 1. The Balaban J connectivity index is 1.40. The lowest BCUT2D eigenvalue weighted by atomic mass is 9.99. The molecule has 30 heavy (non-hydrogen) atoms. The molecule has 2 aromatic carbocycles. The Hall–Kier alpha value is -2.92. The molecular weight excluding hydrogens is 372 g/mol. The second kappa shape index (κ2) is 7.10. The van der Waals surface area contributed by atoms with Crippen LogP contribution in [0.4, 0.5) is 5.69 Å². The summed E-state index contributed by atoms with van der Waals surface area (Å²) in [6.07, 6.45) is 3.72. The van der Waals surface area contributed by atoms with Crippen molar-refractivity contribution in [1.29, 1.82) is 0 Å². The Kier molecular flexibility index (Phi) is 4.51. The monoisotopic (exact) mass is 400 g/mol. The first kappa shape index (κ1) is 19.1. The number of aryl methyl sites for hydroxylation is 1. The number of fused-ring (bicyclic) bond motifs is 1. The summed E-state index contributed by atoms with van der Waals surface area (Å²) < 4.78 is 0. The Morgan fingerprint density at radius 3 is 2.63 bits per heavy atom. The molecule has 5 nitrogen and oxygen atoms in total. The molecule has 0 radical (unpaired) electrons. The van der Waals surface area contributed by atoms with Crippen LogP contribution in [0.15, 0.2) is 54.7 Å². The summed E-state index contributed by atoms with van der Waals surface area (Å²) in [7, 11) is 4.24. The first-order valence-electron chi connectivity index (χ1n) is 10.7. The molecule has 0 atom stereocenters. The molecule has 1 aliphatic carbocycles. The average molecular weight is 401 g/mol. The first-order valence-corrected chi connectivity index (χ1v) is 10.7. The number of rotatable bonds is 5. The number of pyridine rings is 1. The lowest BCUT2D eigenvalue weighted by molar-refractivity contribution is 0.0930. The van der Waals surface area contributed by atoms with Gasteiger partial charge in [-0.1, -0.05) is 30.3 Å². The van der Waals surface area contributed by atoms with Crippen LogP contribution in [-0.2, 0) is 5.54 Å². The van der Waals surface area contributed by atoms with Crippen LogP contribution in [0.2, 0.25) is 0 Å². The third kappa shape index (κ3) is 3.23. The number of carbonyl (C=O) groups excluding carboxylic acids is 1. The van der Waals surface area contributed by atoms with Crippen molar-refractivity contribution in [2.45, 2.75) is 31.3 Å². The Morgan fingerprint density at radius 2 is 1.90 bits per heavy atom. The molecule has 1 aliphatic heterocycles. The van der Waals surface area contributed by atoms with Gasteiger partial charge >= 0.3 is 0 Å². The SMILES string of the molecule is Cc1ccc(N2CC(N(C)C)C2)cc1C(=O)NC1(c2cccc3cccnc23)CC1. The maximum absolute atomic E-state index is 13.3. The second-order valence-electron chi connectivity index (χ2n) is 8.94. The van der Waals surface area contributed by atoms with Gasteiger partial charge < -0.3 is 15.1 Å².